The topological polar surface area (TPSA) is 57.6 Å². The summed E-state index contributed by atoms with van der Waals surface area (Å²) in [4.78, 5) is 23.9. The van der Waals surface area contributed by atoms with E-state index in [1.807, 2.05) is 0 Å². The Morgan fingerprint density at radius 3 is 2.61 bits per heavy atom. The van der Waals surface area contributed by atoms with Gasteiger partial charge in [0.15, 0.2) is 0 Å². The first-order valence-electron chi connectivity index (χ1n) is 5.57. The predicted molar refractivity (Wildman–Crippen MR) is 64.9 cm³/mol. The van der Waals surface area contributed by atoms with Gasteiger partial charge in [0.05, 0.1) is 11.5 Å². The number of carbonyl (C=O) groups is 2. The van der Waals surface area contributed by atoms with Crippen molar-refractivity contribution >= 4 is 11.9 Å². The summed E-state index contributed by atoms with van der Waals surface area (Å²) in [6, 6.07) is 4.27. The average molecular weight is 253 g/mol. The number of carbonyl (C=O) groups excluding carboxylic acids is 1. The van der Waals surface area contributed by atoms with Crippen LogP contribution in [0.15, 0.2) is 18.2 Å². The lowest BCUT2D eigenvalue weighted by molar-refractivity contribution is -0.141. The van der Waals surface area contributed by atoms with Crippen molar-refractivity contribution in [1.29, 1.82) is 0 Å². The first kappa shape index (κ1) is 14.2. The van der Waals surface area contributed by atoms with Crippen LogP contribution in [-0.2, 0) is 4.79 Å². The minimum Gasteiger partial charge on any atom is -0.481 e. The monoisotopic (exact) mass is 253 g/mol. The smallest absolute Gasteiger partial charge is 0.308 e. The van der Waals surface area contributed by atoms with Crippen molar-refractivity contribution in [2.75, 3.05) is 13.6 Å². The standard InChI is InChI=1S/C13H16FNO3/c1-8-4-5-11(14)10(6-8)12(16)15(3)7-9(2)13(17)18/h4-6,9H,7H2,1-3H3,(H,17,18). The molecule has 1 atom stereocenters. The van der Waals surface area contributed by atoms with Gasteiger partial charge < -0.3 is 10.0 Å². The van der Waals surface area contributed by atoms with Gasteiger partial charge in [-0.3, -0.25) is 9.59 Å². The molecule has 0 saturated carbocycles. The lowest BCUT2D eigenvalue weighted by Crippen LogP contribution is -2.34. The zero-order valence-electron chi connectivity index (χ0n) is 10.6. The highest BCUT2D eigenvalue weighted by Gasteiger charge is 2.20. The fourth-order valence-electron chi connectivity index (χ4n) is 1.58. The first-order chi connectivity index (χ1) is 8.32. The Morgan fingerprint density at radius 1 is 1.44 bits per heavy atom. The second kappa shape index (κ2) is 5.62. The SMILES string of the molecule is Cc1ccc(F)c(C(=O)N(C)CC(C)C(=O)O)c1. The molecule has 0 radical (unpaired) electrons. The van der Waals surface area contributed by atoms with Crippen molar-refractivity contribution in [3.05, 3.63) is 35.1 Å². The Kier molecular flexibility index (Phi) is 4.42. The lowest BCUT2D eigenvalue weighted by atomic mass is 10.1. The molecule has 4 nitrogen and oxygen atoms in total. The van der Waals surface area contributed by atoms with Gasteiger partial charge >= 0.3 is 5.97 Å². The van der Waals surface area contributed by atoms with Gasteiger partial charge in [-0.1, -0.05) is 18.6 Å². The molecule has 0 aliphatic carbocycles. The van der Waals surface area contributed by atoms with Crippen LogP contribution in [0.25, 0.3) is 0 Å². The van der Waals surface area contributed by atoms with E-state index in [9.17, 15) is 14.0 Å². The largest absolute Gasteiger partial charge is 0.481 e. The van der Waals surface area contributed by atoms with Crippen molar-refractivity contribution in [2.24, 2.45) is 5.92 Å². The second-order valence-corrected chi connectivity index (χ2v) is 4.41. The van der Waals surface area contributed by atoms with E-state index in [0.717, 1.165) is 5.56 Å². The maximum atomic E-state index is 13.5. The van der Waals surface area contributed by atoms with Crippen LogP contribution in [-0.4, -0.2) is 35.5 Å². The summed E-state index contributed by atoms with van der Waals surface area (Å²) in [7, 11) is 1.46. The number of hydrogen-bond acceptors (Lipinski definition) is 2. The highest BCUT2D eigenvalue weighted by Crippen LogP contribution is 2.13. The number of amides is 1. The zero-order chi connectivity index (χ0) is 13.9. The molecule has 0 aromatic heterocycles. The van der Waals surface area contributed by atoms with Crippen molar-refractivity contribution in [3.63, 3.8) is 0 Å². The molecule has 0 aliphatic heterocycles. The maximum Gasteiger partial charge on any atom is 0.308 e. The summed E-state index contributed by atoms with van der Waals surface area (Å²) in [5.41, 5.74) is 0.745. The summed E-state index contributed by atoms with van der Waals surface area (Å²) >= 11 is 0. The van der Waals surface area contributed by atoms with E-state index in [2.05, 4.69) is 0 Å². The number of aliphatic carboxylic acids is 1. The number of carboxylic acid groups (broad SMARTS) is 1. The van der Waals surface area contributed by atoms with E-state index >= 15 is 0 Å². The van der Waals surface area contributed by atoms with E-state index in [1.54, 1.807) is 13.0 Å². The Morgan fingerprint density at radius 2 is 2.06 bits per heavy atom. The van der Waals surface area contributed by atoms with Crippen LogP contribution in [0.4, 0.5) is 4.39 Å². The molecule has 18 heavy (non-hydrogen) atoms. The third kappa shape index (κ3) is 3.29. The van der Waals surface area contributed by atoms with Gasteiger partial charge in [-0.25, -0.2) is 4.39 Å². The molecule has 98 valence electrons. The first-order valence-corrected chi connectivity index (χ1v) is 5.57. The third-order valence-corrected chi connectivity index (χ3v) is 2.67. The van der Waals surface area contributed by atoms with E-state index in [0.29, 0.717) is 0 Å². The van der Waals surface area contributed by atoms with E-state index < -0.39 is 23.6 Å². The summed E-state index contributed by atoms with van der Waals surface area (Å²) in [6.07, 6.45) is 0. The van der Waals surface area contributed by atoms with Gasteiger partial charge in [0.2, 0.25) is 0 Å². The fourth-order valence-corrected chi connectivity index (χ4v) is 1.58. The van der Waals surface area contributed by atoms with Crippen LogP contribution in [0, 0.1) is 18.7 Å². The van der Waals surface area contributed by atoms with Gasteiger partial charge in [0.25, 0.3) is 5.91 Å². The summed E-state index contributed by atoms with van der Waals surface area (Å²) in [6.45, 7) is 3.30. The fraction of sp³-hybridized carbons (Fsp3) is 0.385. The molecule has 1 unspecified atom stereocenters. The molecular weight excluding hydrogens is 237 g/mol. The van der Waals surface area contributed by atoms with Crippen LogP contribution in [0.5, 0.6) is 0 Å². The number of benzene rings is 1. The number of carboxylic acids is 1. The Bertz CT molecular complexity index is 473. The number of halogens is 1. The number of hydrogen-bond donors (Lipinski definition) is 1. The van der Waals surface area contributed by atoms with Crippen molar-refractivity contribution in [2.45, 2.75) is 13.8 Å². The molecule has 1 rings (SSSR count). The Balaban J connectivity index is 2.86. The van der Waals surface area contributed by atoms with E-state index in [-0.39, 0.29) is 12.1 Å². The molecule has 1 aromatic carbocycles. The number of rotatable bonds is 4. The molecule has 0 heterocycles. The highest BCUT2D eigenvalue weighted by molar-refractivity contribution is 5.94. The van der Waals surface area contributed by atoms with E-state index in [1.165, 1.54) is 31.0 Å². The minimum atomic E-state index is -0.987. The maximum absolute atomic E-state index is 13.5. The van der Waals surface area contributed by atoms with Gasteiger partial charge in [-0.15, -0.1) is 0 Å². The zero-order valence-corrected chi connectivity index (χ0v) is 10.6. The van der Waals surface area contributed by atoms with Crippen molar-refractivity contribution < 1.29 is 19.1 Å². The minimum absolute atomic E-state index is 0.0323. The van der Waals surface area contributed by atoms with Gasteiger partial charge in [-0.05, 0) is 19.1 Å². The van der Waals surface area contributed by atoms with Crippen LogP contribution in [0.3, 0.4) is 0 Å². The summed E-state index contributed by atoms with van der Waals surface area (Å²) in [5.74, 6) is -2.78. The number of aryl methyl sites for hydroxylation is 1. The molecule has 1 amide bonds. The molecule has 1 aromatic rings. The van der Waals surface area contributed by atoms with Crippen LogP contribution >= 0.6 is 0 Å². The highest BCUT2D eigenvalue weighted by atomic mass is 19.1. The van der Waals surface area contributed by atoms with Crippen LogP contribution in [0.2, 0.25) is 0 Å². The normalized spacial score (nSPS) is 12.0. The second-order valence-electron chi connectivity index (χ2n) is 4.41. The van der Waals surface area contributed by atoms with Gasteiger partial charge in [0.1, 0.15) is 5.82 Å². The molecular formula is C13H16FNO3. The van der Waals surface area contributed by atoms with Crippen molar-refractivity contribution in [1.82, 2.24) is 4.90 Å². The molecule has 5 heteroatoms. The summed E-state index contributed by atoms with van der Waals surface area (Å²) < 4.78 is 13.5. The Labute approximate surface area is 105 Å². The number of nitrogens with zero attached hydrogens (tertiary/aromatic N) is 1. The van der Waals surface area contributed by atoms with Crippen molar-refractivity contribution in [3.8, 4) is 0 Å². The molecule has 0 fully saturated rings. The van der Waals surface area contributed by atoms with Gasteiger partial charge in [0, 0.05) is 13.6 Å². The lowest BCUT2D eigenvalue weighted by Gasteiger charge is -2.19. The Hall–Kier alpha value is -1.91. The average Bonchev–Trinajstić information content (AvgIpc) is 2.31. The van der Waals surface area contributed by atoms with Crippen LogP contribution in [0.1, 0.15) is 22.8 Å². The predicted octanol–water partition coefficient (Wildman–Crippen LogP) is 1.93. The molecule has 0 spiro atoms. The molecule has 1 N–H and O–H groups in total. The quantitative estimate of drug-likeness (QED) is 0.892. The summed E-state index contributed by atoms with van der Waals surface area (Å²) in [5, 5.41) is 8.77. The van der Waals surface area contributed by atoms with E-state index in [4.69, 9.17) is 5.11 Å². The molecule has 0 saturated heterocycles. The van der Waals surface area contributed by atoms with Crippen LogP contribution < -0.4 is 0 Å². The van der Waals surface area contributed by atoms with Gasteiger partial charge in [-0.2, -0.15) is 0 Å². The third-order valence-electron chi connectivity index (χ3n) is 2.67. The molecule has 0 bridgehead atoms. The molecule has 0 aliphatic rings.